The molecule has 144 valence electrons. The topological polar surface area (TPSA) is 0 Å². The van der Waals surface area contributed by atoms with Gasteiger partial charge < -0.3 is 0 Å². The third-order valence-electron chi connectivity index (χ3n) is 7.82. The van der Waals surface area contributed by atoms with Gasteiger partial charge in [0.2, 0.25) is 0 Å². The number of rotatable bonds is 0. The average molecular weight is 400 g/mol. The van der Waals surface area contributed by atoms with E-state index in [-0.39, 0.29) is 0 Å². The van der Waals surface area contributed by atoms with Crippen LogP contribution in [0.15, 0.2) is 97.1 Å². The van der Waals surface area contributed by atoms with Gasteiger partial charge in [0.25, 0.3) is 0 Å². The average Bonchev–Trinajstić information content (AvgIpc) is 2.85. The molecule has 0 heterocycles. The molecule has 0 spiro atoms. The minimum atomic E-state index is 1.32. The van der Waals surface area contributed by atoms with E-state index in [2.05, 4.69) is 97.1 Å². The van der Waals surface area contributed by atoms with Gasteiger partial charge in [-0.25, -0.2) is 0 Å². The zero-order chi connectivity index (χ0) is 20.6. The first-order valence-electron chi connectivity index (χ1n) is 11.3. The molecule has 0 fully saturated rings. The van der Waals surface area contributed by atoms with E-state index < -0.39 is 0 Å². The fraction of sp³-hybridized carbons (Fsp3) is 0. The first kappa shape index (κ1) is 15.6. The summed E-state index contributed by atoms with van der Waals surface area (Å²) in [6.07, 6.45) is 0. The molecule has 0 aliphatic heterocycles. The number of fused-ring (bicyclic) bond motifs is 4. The highest BCUT2D eigenvalue weighted by Crippen LogP contribution is 2.51. The fourth-order valence-electron chi connectivity index (χ4n) is 6.66. The monoisotopic (exact) mass is 400 g/mol. The molecule has 0 saturated carbocycles. The van der Waals surface area contributed by atoms with Gasteiger partial charge in [0.15, 0.2) is 0 Å². The molecule has 9 aromatic carbocycles. The van der Waals surface area contributed by atoms with Gasteiger partial charge in [0.05, 0.1) is 0 Å². The van der Waals surface area contributed by atoms with E-state index in [0.29, 0.717) is 0 Å². The Kier molecular flexibility index (Phi) is 2.44. The van der Waals surface area contributed by atoms with E-state index in [1.165, 1.54) is 86.2 Å². The molecule has 0 unspecified atom stereocenters. The van der Waals surface area contributed by atoms with Crippen molar-refractivity contribution < 1.29 is 0 Å². The lowest BCUT2D eigenvalue weighted by atomic mass is 9.80. The van der Waals surface area contributed by atoms with E-state index in [1.54, 1.807) is 0 Å². The van der Waals surface area contributed by atoms with Gasteiger partial charge in [0, 0.05) is 0 Å². The molecule has 0 N–H and O–H groups in total. The minimum absolute atomic E-state index is 1.32. The molecule has 0 bridgehead atoms. The molecule has 9 aromatic rings. The van der Waals surface area contributed by atoms with Gasteiger partial charge >= 0.3 is 0 Å². The van der Waals surface area contributed by atoms with E-state index in [9.17, 15) is 0 Å². The highest BCUT2D eigenvalue weighted by atomic mass is 14.2. The van der Waals surface area contributed by atoms with Gasteiger partial charge in [-0.2, -0.15) is 0 Å². The van der Waals surface area contributed by atoms with Crippen molar-refractivity contribution in [2.45, 2.75) is 0 Å². The summed E-state index contributed by atoms with van der Waals surface area (Å²) < 4.78 is 0. The number of benzene rings is 9. The van der Waals surface area contributed by atoms with Crippen LogP contribution in [0.2, 0.25) is 0 Å². The molecule has 0 nitrogen and oxygen atoms in total. The van der Waals surface area contributed by atoms with Crippen LogP contribution in [0.4, 0.5) is 0 Å². The molecule has 32 heavy (non-hydrogen) atoms. The zero-order valence-electron chi connectivity index (χ0n) is 17.2. The van der Waals surface area contributed by atoms with E-state index in [0.717, 1.165) is 0 Å². The summed E-state index contributed by atoms with van der Waals surface area (Å²) in [6.45, 7) is 0. The van der Waals surface area contributed by atoms with Crippen LogP contribution in [0.1, 0.15) is 0 Å². The lowest BCUT2D eigenvalue weighted by Gasteiger charge is -2.23. The van der Waals surface area contributed by atoms with Crippen LogP contribution >= 0.6 is 0 Å². The van der Waals surface area contributed by atoms with Gasteiger partial charge in [-0.1, -0.05) is 84.9 Å². The maximum Gasteiger partial charge on any atom is -0.000116 e. The van der Waals surface area contributed by atoms with Crippen molar-refractivity contribution in [2.75, 3.05) is 0 Å². The van der Waals surface area contributed by atoms with Crippen molar-refractivity contribution in [3.8, 4) is 0 Å². The summed E-state index contributed by atoms with van der Waals surface area (Å²) >= 11 is 0. The maximum atomic E-state index is 2.42. The lowest BCUT2D eigenvalue weighted by molar-refractivity contribution is 1.80. The van der Waals surface area contributed by atoms with E-state index in [1.807, 2.05) is 0 Å². The Labute approximate surface area is 183 Å². The Morgan fingerprint density at radius 2 is 0.844 bits per heavy atom. The van der Waals surface area contributed by atoms with Crippen LogP contribution in [-0.4, -0.2) is 0 Å². The Morgan fingerprint density at radius 3 is 1.75 bits per heavy atom. The van der Waals surface area contributed by atoms with Crippen LogP contribution in [0.5, 0.6) is 0 Å². The molecular formula is C32H16. The molecular weight excluding hydrogens is 384 g/mol. The van der Waals surface area contributed by atoms with Crippen molar-refractivity contribution in [2.24, 2.45) is 0 Å². The van der Waals surface area contributed by atoms with Crippen LogP contribution in [-0.2, 0) is 0 Å². The first-order chi connectivity index (χ1) is 15.9. The number of hydrogen-bond acceptors (Lipinski definition) is 0. The Hall–Kier alpha value is -4.16. The quantitative estimate of drug-likeness (QED) is 0.176. The third-order valence-corrected chi connectivity index (χ3v) is 7.82. The molecule has 0 saturated heterocycles. The SMILES string of the molecule is c1ccc2c(c1)cc1cc3ccc4cccc5c6ccc7cccc8c7c6c(c3c45)c1c28. The molecule has 0 atom stereocenters. The van der Waals surface area contributed by atoms with Gasteiger partial charge in [-0.3, -0.25) is 0 Å². The summed E-state index contributed by atoms with van der Waals surface area (Å²) in [6, 6.07) is 36.6. The predicted molar refractivity (Wildman–Crippen MR) is 140 cm³/mol. The first-order valence-corrected chi connectivity index (χ1v) is 11.3. The summed E-state index contributed by atoms with van der Waals surface area (Å²) in [5.74, 6) is 0. The molecule has 0 aliphatic rings. The maximum absolute atomic E-state index is 2.42. The smallest absolute Gasteiger partial charge is 0.000116 e. The summed E-state index contributed by atoms with van der Waals surface area (Å²) in [4.78, 5) is 0. The third kappa shape index (κ3) is 1.57. The Morgan fingerprint density at radius 1 is 0.250 bits per heavy atom. The molecule has 0 heteroatoms. The summed E-state index contributed by atoms with van der Waals surface area (Å²) in [5, 5.41) is 22.1. The van der Waals surface area contributed by atoms with Crippen LogP contribution in [0.25, 0.3) is 86.2 Å². The van der Waals surface area contributed by atoms with Gasteiger partial charge in [0.1, 0.15) is 0 Å². The summed E-state index contributed by atoms with van der Waals surface area (Å²) in [7, 11) is 0. The molecule has 0 aromatic heterocycles. The van der Waals surface area contributed by atoms with Crippen LogP contribution < -0.4 is 0 Å². The summed E-state index contributed by atoms with van der Waals surface area (Å²) in [5.41, 5.74) is 0. The van der Waals surface area contributed by atoms with Crippen molar-refractivity contribution in [3.63, 3.8) is 0 Å². The lowest BCUT2D eigenvalue weighted by Crippen LogP contribution is -1.94. The standard InChI is InChI=1S/C32H16/c1-2-8-22-19(5-1)15-21-16-20-12-11-17-6-3-9-23-24-14-13-18-7-4-10-25-27(18)31(24)32(28(20)26(17)23)29(21)30(22)25/h1-16H. The van der Waals surface area contributed by atoms with Gasteiger partial charge in [-0.15, -0.1) is 0 Å². The van der Waals surface area contributed by atoms with Crippen molar-refractivity contribution in [1.82, 2.24) is 0 Å². The highest BCUT2D eigenvalue weighted by Gasteiger charge is 2.22. The second kappa shape index (κ2) is 5.00. The minimum Gasteiger partial charge on any atom is -0.0616 e. The fourth-order valence-corrected chi connectivity index (χ4v) is 6.66. The van der Waals surface area contributed by atoms with Crippen molar-refractivity contribution in [1.29, 1.82) is 0 Å². The molecule has 9 rings (SSSR count). The normalized spacial score (nSPS) is 13.0. The molecule has 0 aliphatic carbocycles. The van der Waals surface area contributed by atoms with E-state index >= 15 is 0 Å². The Balaban J connectivity index is 1.84. The highest BCUT2D eigenvalue weighted by molar-refractivity contribution is 6.49. The largest absolute Gasteiger partial charge is 0.0616 e. The van der Waals surface area contributed by atoms with Crippen molar-refractivity contribution in [3.05, 3.63) is 97.1 Å². The Bertz CT molecular complexity index is 2180. The van der Waals surface area contributed by atoms with Crippen molar-refractivity contribution >= 4 is 86.2 Å². The zero-order valence-corrected chi connectivity index (χ0v) is 17.2. The van der Waals surface area contributed by atoms with E-state index in [4.69, 9.17) is 0 Å². The predicted octanol–water partition coefficient (Wildman–Crippen LogP) is 9.23. The number of hydrogen-bond donors (Lipinski definition) is 0. The molecule has 0 radical (unpaired) electrons. The second-order valence-corrected chi connectivity index (χ2v) is 9.28. The molecule has 0 amide bonds. The second-order valence-electron chi connectivity index (χ2n) is 9.28. The van der Waals surface area contributed by atoms with Gasteiger partial charge in [-0.05, 0) is 98.3 Å². The van der Waals surface area contributed by atoms with Crippen LogP contribution in [0, 0.1) is 0 Å². The van der Waals surface area contributed by atoms with Crippen LogP contribution in [0.3, 0.4) is 0 Å².